The van der Waals surface area contributed by atoms with Gasteiger partial charge in [-0.25, -0.2) is 4.98 Å². The van der Waals surface area contributed by atoms with E-state index < -0.39 is 11.7 Å². The van der Waals surface area contributed by atoms with Gasteiger partial charge in [0.2, 0.25) is 0 Å². The molecule has 1 saturated heterocycles. The minimum absolute atomic E-state index is 0.0141. The number of carbonyl (C=O) groups excluding carboxylic acids is 1. The van der Waals surface area contributed by atoms with Crippen LogP contribution in [0.3, 0.4) is 0 Å². The average molecular weight is 353 g/mol. The Balaban J connectivity index is 1.54. The SMILES string of the molecule is Cn1ccc(C(=O)NC2CCN(c3ccc(C(F)(F)F)cn3)CC2)n1. The molecule has 1 fully saturated rings. The molecular weight excluding hydrogens is 335 g/mol. The second-order valence-corrected chi connectivity index (χ2v) is 6.01. The van der Waals surface area contributed by atoms with Gasteiger partial charge < -0.3 is 10.2 Å². The van der Waals surface area contributed by atoms with Crippen LogP contribution in [0.2, 0.25) is 0 Å². The van der Waals surface area contributed by atoms with Crippen LogP contribution in [0.15, 0.2) is 30.6 Å². The first-order valence-electron chi connectivity index (χ1n) is 7.91. The van der Waals surface area contributed by atoms with Crippen molar-refractivity contribution < 1.29 is 18.0 Å². The van der Waals surface area contributed by atoms with Crippen molar-refractivity contribution in [3.8, 4) is 0 Å². The molecule has 3 heterocycles. The summed E-state index contributed by atoms with van der Waals surface area (Å²) < 4.78 is 39.3. The van der Waals surface area contributed by atoms with E-state index in [-0.39, 0.29) is 11.9 Å². The highest BCUT2D eigenvalue weighted by atomic mass is 19.4. The second-order valence-electron chi connectivity index (χ2n) is 6.01. The summed E-state index contributed by atoms with van der Waals surface area (Å²) >= 11 is 0. The van der Waals surface area contributed by atoms with Crippen LogP contribution in [-0.2, 0) is 13.2 Å². The molecule has 1 aliphatic heterocycles. The first kappa shape index (κ1) is 17.2. The summed E-state index contributed by atoms with van der Waals surface area (Å²) in [6.45, 7) is 1.23. The zero-order chi connectivity index (χ0) is 18.0. The van der Waals surface area contributed by atoms with Crippen LogP contribution in [0.4, 0.5) is 19.0 Å². The number of alkyl halides is 3. The van der Waals surface area contributed by atoms with E-state index in [1.54, 1.807) is 24.0 Å². The minimum atomic E-state index is -4.38. The van der Waals surface area contributed by atoms with Crippen LogP contribution in [0, 0.1) is 0 Å². The number of hydrogen-bond acceptors (Lipinski definition) is 4. The zero-order valence-electron chi connectivity index (χ0n) is 13.6. The third-order valence-corrected chi connectivity index (χ3v) is 4.18. The minimum Gasteiger partial charge on any atom is -0.356 e. The number of halogens is 3. The lowest BCUT2D eigenvalue weighted by Crippen LogP contribution is -2.45. The van der Waals surface area contributed by atoms with Crippen molar-refractivity contribution in [2.24, 2.45) is 7.05 Å². The number of pyridine rings is 1. The Kier molecular flexibility index (Phi) is 4.65. The number of nitrogens with zero attached hydrogens (tertiary/aromatic N) is 4. The van der Waals surface area contributed by atoms with Gasteiger partial charge in [-0.3, -0.25) is 9.48 Å². The summed E-state index contributed by atoms with van der Waals surface area (Å²) in [5.41, 5.74) is -0.386. The van der Waals surface area contributed by atoms with Crippen molar-refractivity contribution >= 4 is 11.7 Å². The number of piperidine rings is 1. The quantitative estimate of drug-likeness (QED) is 0.919. The topological polar surface area (TPSA) is 63.1 Å². The highest BCUT2D eigenvalue weighted by Gasteiger charge is 2.31. The smallest absolute Gasteiger partial charge is 0.356 e. The van der Waals surface area contributed by atoms with Gasteiger partial charge in [-0.2, -0.15) is 18.3 Å². The number of hydrogen-bond donors (Lipinski definition) is 1. The largest absolute Gasteiger partial charge is 0.417 e. The monoisotopic (exact) mass is 353 g/mol. The number of carbonyl (C=O) groups is 1. The van der Waals surface area contributed by atoms with Gasteiger partial charge in [0.05, 0.1) is 5.56 Å². The highest BCUT2D eigenvalue weighted by molar-refractivity contribution is 5.92. The maximum Gasteiger partial charge on any atom is 0.417 e. The Morgan fingerprint density at radius 2 is 1.96 bits per heavy atom. The Morgan fingerprint density at radius 1 is 1.24 bits per heavy atom. The third kappa shape index (κ3) is 4.09. The molecule has 0 spiro atoms. The maximum absolute atomic E-state index is 12.6. The van der Waals surface area contributed by atoms with Crippen LogP contribution in [0.25, 0.3) is 0 Å². The lowest BCUT2D eigenvalue weighted by Gasteiger charge is -2.33. The Morgan fingerprint density at radius 3 is 2.48 bits per heavy atom. The molecule has 6 nitrogen and oxygen atoms in total. The summed E-state index contributed by atoms with van der Waals surface area (Å²) in [6, 6.07) is 4.09. The zero-order valence-corrected chi connectivity index (χ0v) is 13.6. The number of anilines is 1. The molecule has 0 aliphatic carbocycles. The first-order valence-corrected chi connectivity index (χ1v) is 7.91. The molecule has 0 atom stereocenters. The fourth-order valence-corrected chi connectivity index (χ4v) is 2.79. The van der Waals surface area contributed by atoms with Crippen molar-refractivity contribution in [1.29, 1.82) is 0 Å². The van der Waals surface area contributed by atoms with Gasteiger partial charge in [0.15, 0.2) is 0 Å². The van der Waals surface area contributed by atoms with Gasteiger partial charge in [0.25, 0.3) is 5.91 Å². The van der Waals surface area contributed by atoms with Gasteiger partial charge in [-0.05, 0) is 31.0 Å². The Labute approximate surface area is 142 Å². The van der Waals surface area contributed by atoms with E-state index in [0.29, 0.717) is 37.4 Å². The molecule has 0 saturated carbocycles. The van der Waals surface area contributed by atoms with Gasteiger partial charge in [0.1, 0.15) is 11.5 Å². The predicted octanol–water partition coefficient (Wildman–Crippen LogP) is 2.23. The van der Waals surface area contributed by atoms with Crippen molar-refractivity contribution in [1.82, 2.24) is 20.1 Å². The van der Waals surface area contributed by atoms with Crippen LogP contribution in [0.1, 0.15) is 28.9 Å². The summed E-state index contributed by atoms with van der Waals surface area (Å²) in [6.07, 6.45) is -0.436. The fourth-order valence-electron chi connectivity index (χ4n) is 2.79. The lowest BCUT2D eigenvalue weighted by atomic mass is 10.0. The summed E-state index contributed by atoms with van der Waals surface area (Å²) in [7, 11) is 1.74. The number of amides is 1. The predicted molar refractivity (Wildman–Crippen MR) is 85.1 cm³/mol. The standard InChI is InChI=1S/C16H18F3N5O/c1-23-7-6-13(22-23)15(25)21-12-4-8-24(9-5-12)14-3-2-11(10-20-14)16(17,18)19/h2-3,6-7,10,12H,4-5,8-9H2,1H3,(H,21,25). The van der Waals surface area contributed by atoms with Crippen molar-refractivity contribution in [2.75, 3.05) is 18.0 Å². The second kappa shape index (κ2) is 6.73. The van der Waals surface area contributed by atoms with Gasteiger partial charge in [-0.1, -0.05) is 0 Å². The lowest BCUT2D eigenvalue weighted by molar-refractivity contribution is -0.137. The van der Waals surface area contributed by atoms with E-state index in [1.165, 1.54) is 6.07 Å². The average Bonchev–Trinajstić information content (AvgIpc) is 3.02. The van der Waals surface area contributed by atoms with E-state index in [2.05, 4.69) is 15.4 Å². The first-order chi connectivity index (χ1) is 11.8. The van der Waals surface area contributed by atoms with E-state index >= 15 is 0 Å². The van der Waals surface area contributed by atoms with E-state index in [4.69, 9.17) is 0 Å². The molecule has 0 aromatic carbocycles. The molecule has 9 heteroatoms. The molecule has 2 aromatic heterocycles. The number of aryl methyl sites for hydroxylation is 1. The number of aromatic nitrogens is 3. The number of nitrogens with one attached hydrogen (secondary N) is 1. The van der Waals surface area contributed by atoms with Gasteiger partial charge in [-0.15, -0.1) is 0 Å². The van der Waals surface area contributed by atoms with Gasteiger partial charge >= 0.3 is 6.18 Å². The van der Waals surface area contributed by atoms with Crippen LogP contribution < -0.4 is 10.2 Å². The molecule has 25 heavy (non-hydrogen) atoms. The molecular formula is C16H18F3N5O. The molecule has 0 radical (unpaired) electrons. The summed E-state index contributed by atoms with van der Waals surface area (Å²) in [5.74, 6) is 0.300. The summed E-state index contributed by atoms with van der Waals surface area (Å²) in [5, 5.41) is 7.00. The van der Waals surface area contributed by atoms with E-state index in [0.717, 1.165) is 12.3 Å². The fraction of sp³-hybridized carbons (Fsp3) is 0.438. The normalized spacial score (nSPS) is 16.1. The molecule has 0 bridgehead atoms. The van der Waals surface area contributed by atoms with Crippen molar-refractivity contribution in [3.05, 3.63) is 41.9 Å². The molecule has 1 amide bonds. The van der Waals surface area contributed by atoms with Crippen molar-refractivity contribution in [2.45, 2.75) is 25.1 Å². The molecule has 1 aliphatic rings. The maximum atomic E-state index is 12.6. The Bertz CT molecular complexity index is 733. The van der Waals surface area contributed by atoms with Gasteiger partial charge in [0, 0.05) is 38.6 Å². The van der Waals surface area contributed by atoms with Crippen LogP contribution >= 0.6 is 0 Å². The van der Waals surface area contributed by atoms with Crippen molar-refractivity contribution in [3.63, 3.8) is 0 Å². The highest BCUT2D eigenvalue weighted by Crippen LogP contribution is 2.29. The molecule has 0 unspecified atom stereocenters. The van der Waals surface area contributed by atoms with E-state index in [1.807, 2.05) is 4.90 Å². The molecule has 1 N–H and O–H groups in total. The Hall–Kier alpha value is -2.58. The third-order valence-electron chi connectivity index (χ3n) is 4.18. The van der Waals surface area contributed by atoms with E-state index in [9.17, 15) is 18.0 Å². The molecule has 2 aromatic rings. The molecule has 134 valence electrons. The number of rotatable bonds is 3. The summed E-state index contributed by atoms with van der Waals surface area (Å²) in [4.78, 5) is 17.9. The molecule has 3 rings (SSSR count). The van der Waals surface area contributed by atoms with Crippen LogP contribution in [-0.4, -0.2) is 39.8 Å². The van der Waals surface area contributed by atoms with Crippen LogP contribution in [0.5, 0.6) is 0 Å².